The minimum atomic E-state index is -0.798. The normalized spacial score (nSPS) is 16.8. The molecule has 0 spiro atoms. The predicted molar refractivity (Wildman–Crippen MR) is 112 cm³/mol. The first-order valence-electron chi connectivity index (χ1n) is 4.55. The first kappa shape index (κ1) is 22.3. The van der Waals surface area contributed by atoms with Crippen molar-refractivity contribution in [1.82, 2.24) is 0 Å². The second kappa shape index (κ2) is 7.90. The fourth-order valence-corrected chi connectivity index (χ4v) is 8.02. The molecule has 0 heterocycles. The van der Waals surface area contributed by atoms with Crippen molar-refractivity contribution in [1.29, 1.82) is 0 Å². The SMILES string of the molecule is CCC(Br)C(Br)(Br)C(Br)(Br)C(Br)(Br)C(Br)(Br)CO. The van der Waals surface area contributed by atoms with E-state index in [1.165, 1.54) is 0 Å². The van der Waals surface area contributed by atoms with Crippen molar-refractivity contribution in [2.45, 2.75) is 31.1 Å². The second-order valence-corrected chi connectivity index (χ2v) is 18.8. The highest BCUT2D eigenvalue weighted by atomic mass is 79.9. The third-order valence-corrected chi connectivity index (χ3v) is 20.1. The van der Waals surface area contributed by atoms with E-state index in [0.29, 0.717) is 0 Å². The van der Waals surface area contributed by atoms with Crippen LogP contribution in [0.1, 0.15) is 13.3 Å². The summed E-state index contributed by atoms with van der Waals surface area (Å²) in [5.41, 5.74) is 0. The molecule has 0 aliphatic carbocycles. The molecule has 0 saturated heterocycles. The second-order valence-electron chi connectivity index (χ2n) is 3.51. The van der Waals surface area contributed by atoms with E-state index >= 15 is 0 Å². The van der Waals surface area contributed by atoms with Gasteiger partial charge >= 0.3 is 0 Å². The summed E-state index contributed by atoms with van der Waals surface area (Å²) < 4.78 is -2.83. The minimum absolute atomic E-state index is 0.118. The van der Waals surface area contributed by atoms with Gasteiger partial charge in [-0.25, -0.2) is 0 Å². The Morgan fingerprint density at radius 3 is 1.56 bits per heavy atom. The third-order valence-electron chi connectivity index (χ3n) is 2.22. The Balaban J connectivity index is 5.63. The van der Waals surface area contributed by atoms with Gasteiger partial charge < -0.3 is 5.11 Å². The molecule has 1 nitrogen and oxygen atoms in total. The lowest BCUT2D eigenvalue weighted by atomic mass is 10.1. The molecule has 0 saturated carbocycles. The molecular formula is C8H9Br9O. The van der Waals surface area contributed by atoms with Crippen LogP contribution in [0.3, 0.4) is 0 Å². The van der Waals surface area contributed by atoms with Gasteiger partial charge in [-0.1, -0.05) is 150 Å². The molecule has 1 N–H and O–H groups in total. The molecule has 0 aromatic heterocycles. The Bertz CT molecular complexity index is 288. The zero-order valence-electron chi connectivity index (χ0n) is 8.84. The van der Waals surface area contributed by atoms with Crippen molar-refractivity contribution in [3.8, 4) is 0 Å². The van der Waals surface area contributed by atoms with Crippen molar-refractivity contribution < 1.29 is 5.11 Å². The van der Waals surface area contributed by atoms with E-state index in [4.69, 9.17) is 0 Å². The summed E-state index contributed by atoms with van der Waals surface area (Å²) in [4.78, 5) is 0.118. The van der Waals surface area contributed by atoms with E-state index in [2.05, 4.69) is 150 Å². The zero-order valence-corrected chi connectivity index (χ0v) is 23.1. The van der Waals surface area contributed by atoms with Crippen molar-refractivity contribution >= 4 is 143 Å². The summed E-state index contributed by atoms with van der Waals surface area (Å²) in [5.74, 6) is 0. The number of rotatable bonds is 6. The molecule has 0 aliphatic rings. The Morgan fingerprint density at radius 1 is 0.889 bits per heavy atom. The Labute approximate surface area is 183 Å². The lowest BCUT2D eigenvalue weighted by Gasteiger charge is -2.49. The highest BCUT2D eigenvalue weighted by Crippen LogP contribution is 2.68. The Morgan fingerprint density at radius 2 is 1.28 bits per heavy atom. The van der Waals surface area contributed by atoms with Crippen LogP contribution in [0.5, 0.6) is 0 Å². The van der Waals surface area contributed by atoms with E-state index in [9.17, 15) is 5.11 Å². The predicted octanol–water partition coefficient (Wildman–Crippen LogP) is 7.10. The maximum atomic E-state index is 9.52. The van der Waals surface area contributed by atoms with Crippen molar-refractivity contribution in [3.63, 3.8) is 0 Å². The van der Waals surface area contributed by atoms with Crippen LogP contribution in [0.2, 0.25) is 0 Å². The average molecular weight is 840 g/mol. The summed E-state index contributed by atoms with van der Waals surface area (Å²) in [5, 5.41) is 9.52. The van der Waals surface area contributed by atoms with Crippen LogP contribution in [0, 0.1) is 0 Å². The van der Waals surface area contributed by atoms with Gasteiger partial charge in [0.25, 0.3) is 0 Å². The van der Waals surface area contributed by atoms with Gasteiger partial charge in [-0.3, -0.25) is 0 Å². The van der Waals surface area contributed by atoms with Crippen LogP contribution in [-0.2, 0) is 0 Å². The van der Waals surface area contributed by atoms with Gasteiger partial charge in [0.2, 0.25) is 0 Å². The first-order valence-corrected chi connectivity index (χ1v) is 11.8. The largest absolute Gasteiger partial charge is 0.394 e. The van der Waals surface area contributed by atoms with E-state index in [0.717, 1.165) is 6.42 Å². The fraction of sp³-hybridized carbons (Fsp3) is 1.00. The quantitative estimate of drug-likeness (QED) is 0.284. The van der Waals surface area contributed by atoms with Gasteiger partial charge in [-0.2, -0.15) is 0 Å². The molecule has 0 rings (SSSR count). The van der Waals surface area contributed by atoms with Crippen LogP contribution in [0.15, 0.2) is 0 Å². The van der Waals surface area contributed by atoms with E-state index in [-0.39, 0.29) is 11.4 Å². The molecule has 110 valence electrons. The van der Waals surface area contributed by atoms with Gasteiger partial charge in [-0.05, 0) is 6.42 Å². The van der Waals surface area contributed by atoms with E-state index in [1.54, 1.807) is 0 Å². The molecule has 18 heavy (non-hydrogen) atoms. The molecule has 1 unspecified atom stereocenters. The lowest BCUT2D eigenvalue weighted by Crippen LogP contribution is -2.59. The van der Waals surface area contributed by atoms with Gasteiger partial charge in [0.15, 0.2) is 0 Å². The first-order chi connectivity index (χ1) is 7.79. The molecule has 0 aromatic rings. The summed E-state index contributed by atoms with van der Waals surface area (Å²) in [6.45, 7) is 1.93. The van der Waals surface area contributed by atoms with Gasteiger partial charge in [-0.15, -0.1) is 0 Å². The summed E-state index contributed by atoms with van der Waals surface area (Å²) >= 11 is 32.5. The minimum Gasteiger partial charge on any atom is -0.394 e. The van der Waals surface area contributed by atoms with Crippen molar-refractivity contribution in [2.24, 2.45) is 0 Å². The molecule has 0 amide bonds. The topological polar surface area (TPSA) is 20.2 Å². The highest BCUT2D eigenvalue weighted by molar-refractivity contribution is 9.34. The summed E-state index contributed by atoms with van der Waals surface area (Å²) in [7, 11) is 0. The fourth-order valence-electron chi connectivity index (χ4n) is 0.991. The molecular weight excluding hydrogens is 831 g/mol. The smallest absolute Gasteiger partial charge is 0.135 e. The maximum Gasteiger partial charge on any atom is 0.135 e. The van der Waals surface area contributed by atoms with Crippen molar-refractivity contribution in [3.05, 3.63) is 0 Å². The molecule has 0 aliphatic heterocycles. The Hall–Kier alpha value is 4.28. The highest BCUT2D eigenvalue weighted by Gasteiger charge is 2.66. The van der Waals surface area contributed by atoms with Crippen molar-refractivity contribution in [2.75, 3.05) is 6.61 Å². The zero-order chi connectivity index (χ0) is 15.0. The lowest BCUT2D eigenvalue weighted by molar-refractivity contribution is 0.282. The number of aliphatic hydroxyl groups excluding tert-OH is 1. The third kappa shape index (κ3) is 4.22. The van der Waals surface area contributed by atoms with Crippen LogP contribution in [-0.4, -0.2) is 29.5 Å². The van der Waals surface area contributed by atoms with Crippen LogP contribution in [0.4, 0.5) is 0 Å². The summed E-state index contributed by atoms with van der Waals surface area (Å²) in [6.07, 6.45) is 0.891. The standard InChI is InChI=1S/C8H9Br9O/c1-2-4(9)6(12,13)8(16,17)7(14,15)5(10,11)3-18/h4,18H,2-3H2,1H3. The van der Waals surface area contributed by atoms with Gasteiger partial charge in [0, 0.05) is 4.83 Å². The Kier molecular flexibility index (Phi) is 9.78. The summed E-state index contributed by atoms with van der Waals surface area (Å²) in [6, 6.07) is 0. The number of hydrogen-bond donors (Lipinski definition) is 1. The molecule has 0 radical (unpaired) electrons. The van der Waals surface area contributed by atoms with Crippen LogP contribution >= 0.6 is 143 Å². The van der Waals surface area contributed by atoms with Crippen LogP contribution in [0.25, 0.3) is 0 Å². The average Bonchev–Trinajstić information content (AvgIpc) is 2.26. The monoisotopic (exact) mass is 831 g/mol. The number of aliphatic hydroxyl groups is 1. The van der Waals surface area contributed by atoms with E-state index in [1.807, 2.05) is 0 Å². The van der Waals surface area contributed by atoms with Crippen LogP contribution < -0.4 is 0 Å². The molecule has 1 atom stereocenters. The molecule has 10 heteroatoms. The number of hydrogen-bond acceptors (Lipinski definition) is 1. The number of alkyl halides is 9. The van der Waals surface area contributed by atoms with E-state index < -0.39 is 12.9 Å². The molecule has 0 aromatic carbocycles. The number of halogens is 9. The van der Waals surface area contributed by atoms with Gasteiger partial charge in [0.05, 0.1) is 6.61 Å². The maximum absolute atomic E-state index is 9.52. The van der Waals surface area contributed by atoms with Gasteiger partial charge in [0.1, 0.15) is 12.9 Å². The molecule has 0 fully saturated rings. The molecule has 0 bridgehead atoms.